The van der Waals surface area contributed by atoms with Crippen LogP contribution in [0.15, 0.2) is 0 Å². The third-order valence-corrected chi connectivity index (χ3v) is 2.35. The number of halogens is 1. The summed E-state index contributed by atoms with van der Waals surface area (Å²) in [6, 6.07) is 0. The van der Waals surface area contributed by atoms with Crippen LogP contribution >= 0.6 is 0 Å². The molecule has 1 N–H and O–H groups in total. The second-order valence-corrected chi connectivity index (χ2v) is 3.50. The standard InChI is InChI=1S/C9H19FN2/c1-11-5-3-7-12-6-2-4-9(10)8-12/h9,11H,2-8H2,1H3. The maximum Gasteiger partial charge on any atom is 0.113 e. The van der Waals surface area contributed by atoms with Crippen LogP contribution < -0.4 is 5.32 Å². The van der Waals surface area contributed by atoms with E-state index in [1.54, 1.807) is 0 Å². The summed E-state index contributed by atoms with van der Waals surface area (Å²) in [5.41, 5.74) is 0. The predicted octanol–water partition coefficient (Wildman–Crippen LogP) is 1.03. The van der Waals surface area contributed by atoms with Gasteiger partial charge in [0.25, 0.3) is 0 Å². The van der Waals surface area contributed by atoms with Gasteiger partial charge in [0.1, 0.15) is 6.17 Å². The molecule has 0 aromatic carbocycles. The maximum absolute atomic E-state index is 12.9. The van der Waals surface area contributed by atoms with E-state index in [1.807, 2.05) is 7.05 Å². The zero-order valence-corrected chi connectivity index (χ0v) is 7.85. The van der Waals surface area contributed by atoms with E-state index in [4.69, 9.17) is 0 Å². The summed E-state index contributed by atoms with van der Waals surface area (Å²) in [4.78, 5) is 2.23. The van der Waals surface area contributed by atoms with Crippen LogP contribution in [0.2, 0.25) is 0 Å². The molecule has 1 fully saturated rings. The van der Waals surface area contributed by atoms with E-state index in [9.17, 15) is 4.39 Å². The number of nitrogens with one attached hydrogen (secondary N) is 1. The van der Waals surface area contributed by atoms with Crippen molar-refractivity contribution < 1.29 is 4.39 Å². The molecule has 1 aliphatic heterocycles. The molecule has 1 saturated heterocycles. The van der Waals surface area contributed by atoms with Crippen molar-refractivity contribution in [2.75, 3.05) is 33.2 Å². The van der Waals surface area contributed by atoms with E-state index in [0.717, 1.165) is 38.9 Å². The molecule has 1 unspecified atom stereocenters. The second-order valence-electron chi connectivity index (χ2n) is 3.50. The quantitative estimate of drug-likeness (QED) is 0.640. The third kappa shape index (κ3) is 3.50. The summed E-state index contributed by atoms with van der Waals surface area (Å²) < 4.78 is 12.9. The Bertz CT molecular complexity index is 119. The maximum atomic E-state index is 12.9. The number of rotatable bonds is 4. The van der Waals surface area contributed by atoms with Gasteiger partial charge in [0, 0.05) is 6.54 Å². The number of hydrogen-bond acceptors (Lipinski definition) is 2. The fraction of sp³-hybridized carbons (Fsp3) is 1.00. The van der Waals surface area contributed by atoms with Gasteiger partial charge in [0.15, 0.2) is 0 Å². The molecule has 1 rings (SSSR count). The van der Waals surface area contributed by atoms with Gasteiger partial charge >= 0.3 is 0 Å². The zero-order chi connectivity index (χ0) is 8.81. The first-order valence-electron chi connectivity index (χ1n) is 4.84. The van der Waals surface area contributed by atoms with E-state index < -0.39 is 6.17 Å². The van der Waals surface area contributed by atoms with E-state index >= 15 is 0 Å². The predicted molar refractivity (Wildman–Crippen MR) is 49.1 cm³/mol. The SMILES string of the molecule is CNCCCN1CCCC(F)C1. The van der Waals surface area contributed by atoms with Crippen LogP contribution in [-0.2, 0) is 0 Å². The topological polar surface area (TPSA) is 15.3 Å². The molecule has 0 saturated carbocycles. The first kappa shape index (κ1) is 9.93. The number of likely N-dealkylation sites (tertiary alicyclic amines) is 1. The fourth-order valence-corrected chi connectivity index (χ4v) is 1.68. The molecular formula is C9H19FN2. The molecule has 1 atom stereocenters. The lowest BCUT2D eigenvalue weighted by Gasteiger charge is -2.28. The van der Waals surface area contributed by atoms with E-state index in [2.05, 4.69) is 10.2 Å². The minimum absolute atomic E-state index is 0.576. The first-order chi connectivity index (χ1) is 5.83. The highest BCUT2D eigenvalue weighted by Gasteiger charge is 2.17. The smallest absolute Gasteiger partial charge is 0.113 e. The third-order valence-electron chi connectivity index (χ3n) is 2.35. The fourth-order valence-electron chi connectivity index (χ4n) is 1.68. The molecule has 1 heterocycles. The van der Waals surface area contributed by atoms with Crippen molar-refractivity contribution in [3.8, 4) is 0 Å². The number of piperidine rings is 1. The molecular weight excluding hydrogens is 155 g/mol. The lowest BCUT2D eigenvalue weighted by Crippen LogP contribution is -2.37. The minimum atomic E-state index is -0.576. The highest BCUT2D eigenvalue weighted by atomic mass is 19.1. The molecule has 0 aromatic rings. The lowest BCUT2D eigenvalue weighted by atomic mass is 10.1. The average Bonchev–Trinajstić information content (AvgIpc) is 2.05. The Morgan fingerprint density at radius 3 is 3.08 bits per heavy atom. The molecule has 0 amide bonds. The van der Waals surface area contributed by atoms with Crippen molar-refractivity contribution in [1.29, 1.82) is 0 Å². The van der Waals surface area contributed by atoms with Gasteiger partial charge in [-0.15, -0.1) is 0 Å². The average molecular weight is 174 g/mol. The van der Waals surface area contributed by atoms with Gasteiger partial charge in [-0.3, -0.25) is 0 Å². The Balaban J connectivity index is 2.06. The van der Waals surface area contributed by atoms with Crippen molar-refractivity contribution in [2.45, 2.75) is 25.4 Å². The van der Waals surface area contributed by atoms with E-state index in [0.29, 0.717) is 6.54 Å². The molecule has 12 heavy (non-hydrogen) atoms. The number of nitrogens with zero attached hydrogens (tertiary/aromatic N) is 1. The van der Waals surface area contributed by atoms with Crippen LogP contribution in [-0.4, -0.2) is 44.3 Å². The number of hydrogen-bond donors (Lipinski definition) is 1. The molecule has 2 nitrogen and oxygen atoms in total. The van der Waals surface area contributed by atoms with Crippen molar-refractivity contribution >= 4 is 0 Å². The minimum Gasteiger partial charge on any atom is -0.320 e. The van der Waals surface area contributed by atoms with Gasteiger partial charge in [-0.1, -0.05) is 0 Å². The first-order valence-corrected chi connectivity index (χ1v) is 4.84. The zero-order valence-electron chi connectivity index (χ0n) is 7.85. The van der Waals surface area contributed by atoms with Crippen molar-refractivity contribution in [1.82, 2.24) is 10.2 Å². The molecule has 72 valence electrons. The van der Waals surface area contributed by atoms with Gasteiger partial charge in [0.05, 0.1) is 0 Å². The van der Waals surface area contributed by atoms with Crippen molar-refractivity contribution in [3.05, 3.63) is 0 Å². The van der Waals surface area contributed by atoms with Gasteiger partial charge in [-0.05, 0) is 45.9 Å². The number of alkyl halides is 1. The second kappa shape index (κ2) is 5.49. The van der Waals surface area contributed by atoms with Gasteiger partial charge in [-0.25, -0.2) is 4.39 Å². The molecule has 0 spiro atoms. The summed E-state index contributed by atoms with van der Waals surface area (Å²) in [7, 11) is 1.95. The lowest BCUT2D eigenvalue weighted by molar-refractivity contribution is 0.137. The molecule has 0 bridgehead atoms. The Morgan fingerprint density at radius 1 is 1.58 bits per heavy atom. The van der Waals surface area contributed by atoms with Crippen LogP contribution in [0.4, 0.5) is 4.39 Å². The van der Waals surface area contributed by atoms with Gasteiger partial charge in [0.2, 0.25) is 0 Å². The summed E-state index contributed by atoms with van der Waals surface area (Å²) >= 11 is 0. The highest BCUT2D eigenvalue weighted by molar-refractivity contribution is 4.71. The van der Waals surface area contributed by atoms with Crippen molar-refractivity contribution in [3.63, 3.8) is 0 Å². The molecule has 0 aromatic heterocycles. The summed E-state index contributed by atoms with van der Waals surface area (Å²) in [5, 5.41) is 3.10. The van der Waals surface area contributed by atoms with E-state index in [1.165, 1.54) is 0 Å². The van der Waals surface area contributed by atoms with Crippen LogP contribution in [0.3, 0.4) is 0 Å². The summed E-state index contributed by atoms with van der Waals surface area (Å²) in [6.07, 6.45) is 2.35. The Kier molecular flexibility index (Phi) is 4.54. The van der Waals surface area contributed by atoms with Gasteiger partial charge < -0.3 is 10.2 Å². The normalized spacial score (nSPS) is 26.0. The van der Waals surface area contributed by atoms with Crippen LogP contribution in [0.1, 0.15) is 19.3 Å². The van der Waals surface area contributed by atoms with Crippen LogP contribution in [0.5, 0.6) is 0 Å². The summed E-state index contributed by atoms with van der Waals surface area (Å²) in [6.45, 7) is 3.82. The molecule has 1 aliphatic rings. The highest BCUT2D eigenvalue weighted by Crippen LogP contribution is 2.12. The Hall–Kier alpha value is -0.150. The summed E-state index contributed by atoms with van der Waals surface area (Å²) in [5.74, 6) is 0. The van der Waals surface area contributed by atoms with Crippen LogP contribution in [0, 0.1) is 0 Å². The monoisotopic (exact) mass is 174 g/mol. The van der Waals surface area contributed by atoms with E-state index in [-0.39, 0.29) is 0 Å². The van der Waals surface area contributed by atoms with Crippen molar-refractivity contribution in [2.24, 2.45) is 0 Å². The van der Waals surface area contributed by atoms with Crippen LogP contribution in [0.25, 0.3) is 0 Å². The Labute approximate surface area is 74.1 Å². The van der Waals surface area contributed by atoms with Gasteiger partial charge in [-0.2, -0.15) is 0 Å². The molecule has 0 aliphatic carbocycles. The molecule has 0 radical (unpaired) electrons. The Morgan fingerprint density at radius 2 is 2.42 bits per heavy atom. The largest absolute Gasteiger partial charge is 0.320 e. The molecule has 3 heteroatoms.